The molecule has 1 aromatic heterocycles. The van der Waals surface area contributed by atoms with E-state index in [1.165, 1.54) is 23.1 Å². The quantitative estimate of drug-likeness (QED) is 0.849. The average molecular weight is 332 g/mol. The highest BCUT2D eigenvalue weighted by molar-refractivity contribution is 8.15. The van der Waals surface area contributed by atoms with E-state index in [0.717, 1.165) is 14.9 Å². The van der Waals surface area contributed by atoms with Crippen molar-refractivity contribution in [3.63, 3.8) is 0 Å². The van der Waals surface area contributed by atoms with Crippen molar-refractivity contribution >= 4 is 52.0 Å². The normalized spacial score (nSPS) is 29.2. The van der Waals surface area contributed by atoms with Gasteiger partial charge in [0.2, 0.25) is 0 Å². The number of hydrogen-bond donors (Lipinski definition) is 1. The van der Waals surface area contributed by atoms with Crippen LogP contribution < -0.4 is 9.88 Å². The second kappa shape index (κ2) is 5.17. The van der Waals surface area contributed by atoms with Crippen molar-refractivity contribution in [3.05, 3.63) is 27.0 Å². The summed E-state index contributed by atoms with van der Waals surface area (Å²) in [6, 6.07) is -0.669. The number of carboxylic acids is 1. The summed E-state index contributed by atoms with van der Waals surface area (Å²) >= 11 is 2.97. The molecule has 1 aromatic rings. The van der Waals surface area contributed by atoms with E-state index in [4.69, 9.17) is 5.11 Å². The molecule has 0 amide bonds. The van der Waals surface area contributed by atoms with E-state index in [1.807, 2.05) is 6.08 Å². The zero-order valence-electron chi connectivity index (χ0n) is 11.4. The molecular weight excluding hydrogens is 320 g/mol. The third-order valence-corrected chi connectivity index (χ3v) is 6.18. The van der Waals surface area contributed by atoms with Crippen molar-refractivity contribution in [2.24, 2.45) is 16.8 Å². The lowest BCUT2D eigenvalue weighted by atomic mass is 9.81. The number of rotatable bonds is 2. The zero-order valence-corrected chi connectivity index (χ0v) is 13.1. The summed E-state index contributed by atoms with van der Waals surface area (Å²) in [6.45, 7) is 0. The number of fused-ring (bicyclic) bond motifs is 2. The van der Waals surface area contributed by atoms with Crippen molar-refractivity contribution in [2.75, 3.05) is 5.75 Å². The smallest absolute Gasteiger partial charge is 0.329 e. The molecule has 7 heteroatoms. The summed E-state index contributed by atoms with van der Waals surface area (Å²) in [5, 5.41) is 11.4. The summed E-state index contributed by atoms with van der Waals surface area (Å²) in [5.41, 5.74) is 0. The largest absolute Gasteiger partial charge is 0.480 e. The molecule has 2 heterocycles. The lowest BCUT2D eigenvalue weighted by molar-refractivity contribution is -0.137. The summed E-state index contributed by atoms with van der Waals surface area (Å²) in [5.74, 6) is 0.175. The molecule has 2 aliphatic carbocycles. The van der Waals surface area contributed by atoms with E-state index in [1.54, 1.807) is 6.08 Å². The van der Waals surface area contributed by atoms with Crippen molar-refractivity contribution in [1.29, 1.82) is 0 Å². The van der Waals surface area contributed by atoms with Gasteiger partial charge in [-0.1, -0.05) is 12.2 Å². The van der Waals surface area contributed by atoms with Gasteiger partial charge in [0.1, 0.15) is 10.1 Å². The van der Waals surface area contributed by atoms with Crippen LogP contribution in [0.1, 0.15) is 11.4 Å². The first-order chi connectivity index (χ1) is 10.6. The number of carbonyl (C=O) groups is 2. The van der Waals surface area contributed by atoms with Gasteiger partial charge < -0.3 is 5.11 Å². The van der Waals surface area contributed by atoms with Gasteiger partial charge in [0, 0.05) is 18.1 Å². The second-order valence-electron chi connectivity index (χ2n) is 5.47. The number of carboxylic acid groups (broad SMARTS) is 1. The highest BCUT2D eigenvalue weighted by atomic mass is 32.2. The molecule has 0 saturated heterocycles. The predicted octanol–water partition coefficient (Wildman–Crippen LogP) is 0.426. The second-order valence-corrected chi connectivity index (χ2v) is 7.51. The number of hydrogen-bond acceptors (Lipinski definition) is 6. The van der Waals surface area contributed by atoms with E-state index in [0.29, 0.717) is 17.2 Å². The first-order valence-electron chi connectivity index (χ1n) is 6.95. The molecule has 5 nitrogen and oxygen atoms in total. The molecule has 0 spiro atoms. The Morgan fingerprint density at radius 2 is 2.23 bits per heavy atom. The lowest BCUT2D eigenvalue weighted by Gasteiger charge is -2.22. The molecular formula is C15H12N2O3S2. The Morgan fingerprint density at radius 3 is 3.00 bits per heavy atom. The van der Waals surface area contributed by atoms with Gasteiger partial charge in [-0.2, -0.15) is 0 Å². The Kier molecular flexibility index (Phi) is 3.27. The fraction of sp³-hybridized carbons (Fsp3) is 0.333. The molecule has 0 bridgehead atoms. The highest BCUT2D eigenvalue weighted by Crippen LogP contribution is 2.28. The van der Waals surface area contributed by atoms with Crippen molar-refractivity contribution < 1.29 is 14.7 Å². The third-order valence-electron chi connectivity index (χ3n) is 3.95. The number of thiazole rings is 1. The van der Waals surface area contributed by atoms with Gasteiger partial charge in [-0.15, -0.1) is 23.1 Å². The number of aliphatic imine (C=N–C) groups is 1. The first kappa shape index (κ1) is 13.9. The van der Waals surface area contributed by atoms with Crippen molar-refractivity contribution in [3.8, 4) is 0 Å². The minimum atomic E-state index is -0.892. The Morgan fingerprint density at radius 1 is 1.36 bits per heavy atom. The van der Waals surface area contributed by atoms with Crippen LogP contribution in [0.15, 0.2) is 17.1 Å². The van der Waals surface area contributed by atoms with Crippen LogP contribution in [0.2, 0.25) is 0 Å². The molecule has 1 aliphatic heterocycles. The Labute approximate surface area is 134 Å². The molecule has 22 heavy (non-hydrogen) atoms. The van der Waals surface area contributed by atoms with Crippen LogP contribution in [0.3, 0.4) is 0 Å². The molecule has 4 rings (SSSR count). The number of aliphatic carboxylic acids is 1. The monoisotopic (exact) mass is 332 g/mol. The predicted molar refractivity (Wildman–Crippen MR) is 86.5 cm³/mol. The number of ketones is 1. The summed E-state index contributed by atoms with van der Waals surface area (Å²) < 4.78 is 1.06. The fourth-order valence-corrected chi connectivity index (χ4v) is 4.97. The number of aromatic nitrogens is 1. The molecule has 3 atom stereocenters. The molecule has 0 aromatic carbocycles. The van der Waals surface area contributed by atoms with Crippen LogP contribution in [-0.2, 0) is 9.59 Å². The van der Waals surface area contributed by atoms with Gasteiger partial charge >= 0.3 is 5.97 Å². The molecule has 1 N–H and O–H groups in total. The Bertz CT molecular complexity index is 853. The number of nitrogens with zero attached hydrogens (tertiary/aromatic N) is 2. The zero-order chi connectivity index (χ0) is 15.3. The topological polar surface area (TPSA) is 79.6 Å². The molecule has 0 saturated carbocycles. The van der Waals surface area contributed by atoms with E-state index in [2.05, 4.69) is 22.1 Å². The molecule has 0 radical (unpaired) electrons. The van der Waals surface area contributed by atoms with Gasteiger partial charge in [-0.05, 0) is 18.1 Å². The Hall–Kier alpha value is -1.73. The standard InChI is InChI=1S/C15H12N2O3S2/c18-9-2-1-7-4-10-12(5-8(7)3-9)22-14(16-10)13-17-11(6-21-13)15(19)20/h1-2,4-5,7-8,11H,3,6H2,(H,19,20)/t7?,8?,11-/m1/s1. The summed E-state index contributed by atoms with van der Waals surface area (Å²) in [7, 11) is 0. The van der Waals surface area contributed by atoms with Crippen LogP contribution in [-0.4, -0.2) is 38.7 Å². The van der Waals surface area contributed by atoms with Gasteiger partial charge in [0.15, 0.2) is 11.8 Å². The molecule has 0 fully saturated rings. The van der Waals surface area contributed by atoms with Gasteiger partial charge in [-0.25, -0.2) is 9.78 Å². The van der Waals surface area contributed by atoms with Crippen molar-refractivity contribution in [1.82, 2.24) is 4.98 Å². The van der Waals surface area contributed by atoms with Crippen LogP contribution in [0, 0.1) is 11.8 Å². The summed E-state index contributed by atoms with van der Waals surface area (Å²) in [6.07, 6.45) is 8.35. The van der Waals surface area contributed by atoms with Crippen LogP contribution in [0.5, 0.6) is 0 Å². The van der Waals surface area contributed by atoms with E-state index >= 15 is 0 Å². The van der Waals surface area contributed by atoms with E-state index < -0.39 is 12.0 Å². The maximum Gasteiger partial charge on any atom is 0.329 e. The minimum Gasteiger partial charge on any atom is -0.480 e. The molecule has 2 unspecified atom stereocenters. The fourth-order valence-electron chi connectivity index (χ4n) is 2.81. The Balaban J connectivity index is 1.72. The first-order valence-corrected chi connectivity index (χ1v) is 8.76. The van der Waals surface area contributed by atoms with Gasteiger partial charge in [-0.3, -0.25) is 9.79 Å². The van der Waals surface area contributed by atoms with Crippen LogP contribution >= 0.6 is 23.1 Å². The highest BCUT2D eigenvalue weighted by Gasteiger charge is 2.28. The van der Waals surface area contributed by atoms with E-state index in [-0.39, 0.29) is 17.6 Å². The van der Waals surface area contributed by atoms with Gasteiger partial charge in [0.05, 0.1) is 9.88 Å². The lowest BCUT2D eigenvalue weighted by Crippen LogP contribution is -2.32. The number of thioether (sulfide) groups is 1. The summed E-state index contributed by atoms with van der Waals surface area (Å²) in [4.78, 5) is 31.4. The minimum absolute atomic E-state index is 0.166. The number of allylic oxidation sites excluding steroid dienone is 2. The molecule has 3 aliphatic rings. The van der Waals surface area contributed by atoms with Gasteiger partial charge in [0.25, 0.3) is 0 Å². The maximum absolute atomic E-state index is 11.5. The van der Waals surface area contributed by atoms with E-state index in [9.17, 15) is 9.59 Å². The third kappa shape index (κ3) is 2.34. The number of carbonyl (C=O) groups excluding carboxylic acids is 1. The van der Waals surface area contributed by atoms with Crippen LogP contribution in [0.25, 0.3) is 12.2 Å². The average Bonchev–Trinajstić information content (AvgIpc) is 3.11. The van der Waals surface area contributed by atoms with Crippen LogP contribution in [0.4, 0.5) is 0 Å². The SMILES string of the molecule is O=C1C=CC2C=c3nc(C4=N[C@@H](C(=O)O)CS4)sc3=CC2C1. The van der Waals surface area contributed by atoms with Crippen molar-refractivity contribution in [2.45, 2.75) is 12.5 Å². The maximum atomic E-state index is 11.5. The molecule has 112 valence electrons.